The number of carbonyl (C=O) groups is 1. The number of rotatable bonds is 1. The maximum absolute atomic E-state index is 11.3. The van der Waals surface area contributed by atoms with Gasteiger partial charge in [-0.15, -0.1) is 0 Å². The summed E-state index contributed by atoms with van der Waals surface area (Å²) >= 11 is 0. The Morgan fingerprint density at radius 1 is 1.24 bits per heavy atom. The number of carbonyl (C=O) groups excluding carboxylic acids is 1. The van der Waals surface area contributed by atoms with Crippen LogP contribution in [0.3, 0.4) is 0 Å². The van der Waals surface area contributed by atoms with Gasteiger partial charge in [0.15, 0.2) is 5.69 Å². The van der Waals surface area contributed by atoms with Crippen molar-refractivity contribution in [3.8, 4) is 0 Å². The molecule has 3 aromatic rings. The second-order valence-electron chi connectivity index (χ2n) is 3.88. The summed E-state index contributed by atoms with van der Waals surface area (Å²) < 4.78 is 0. The predicted octanol–water partition coefficient (Wildman–Crippen LogP) is 1.40. The van der Waals surface area contributed by atoms with E-state index in [9.17, 15) is 4.79 Å². The van der Waals surface area contributed by atoms with Gasteiger partial charge in [0, 0.05) is 28.2 Å². The third-order valence-electron chi connectivity index (χ3n) is 2.78. The molecule has 0 spiro atoms. The number of hydrogen-bond acceptors (Lipinski definition) is 3. The maximum atomic E-state index is 11.3. The minimum absolute atomic E-state index is 0.247. The topological polar surface area (TPSA) is 97.8 Å². The van der Waals surface area contributed by atoms with Gasteiger partial charge in [0.25, 0.3) is 5.91 Å². The predicted molar refractivity (Wildman–Crippen MR) is 66.5 cm³/mol. The van der Waals surface area contributed by atoms with Gasteiger partial charge in [-0.1, -0.05) is 0 Å². The average Bonchev–Trinajstić information content (AvgIpc) is 2.66. The highest BCUT2D eigenvalue weighted by Gasteiger charge is 2.12. The molecule has 1 aromatic carbocycles. The Kier molecular flexibility index (Phi) is 1.82. The maximum Gasteiger partial charge on any atom is 0.269 e. The number of amides is 1. The number of fused-ring (bicyclic) bond motifs is 3. The highest BCUT2D eigenvalue weighted by atomic mass is 16.1. The summed E-state index contributed by atoms with van der Waals surface area (Å²) in [5.74, 6) is -0.546. The molecule has 5 nitrogen and oxygen atoms in total. The normalized spacial score (nSPS) is 11.1. The van der Waals surface area contributed by atoms with E-state index in [0.717, 1.165) is 16.3 Å². The molecule has 0 aliphatic heterocycles. The van der Waals surface area contributed by atoms with Crippen LogP contribution in [0.4, 0.5) is 5.69 Å². The molecule has 0 aliphatic carbocycles. The van der Waals surface area contributed by atoms with Gasteiger partial charge in [0.1, 0.15) is 0 Å². The zero-order valence-electron chi connectivity index (χ0n) is 8.90. The Balaban J connectivity index is 2.51. The summed E-state index contributed by atoms with van der Waals surface area (Å²) in [6.07, 6.45) is 1.57. The molecule has 0 fully saturated rings. The van der Waals surface area contributed by atoms with E-state index < -0.39 is 5.91 Å². The highest BCUT2D eigenvalue weighted by Crippen LogP contribution is 2.27. The molecule has 2 heterocycles. The lowest BCUT2D eigenvalue weighted by atomic mass is 10.1. The lowest BCUT2D eigenvalue weighted by Crippen LogP contribution is -2.13. The number of anilines is 1. The molecule has 5 heteroatoms. The van der Waals surface area contributed by atoms with Crippen LogP contribution in [-0.4, -0.2) is 15.9 Å². The van der Waals surface area contributed by atoms with Crippen molar-refractivity contribution in [2.75, 3.05) is 5.73 Å². The van der Waals surface area contributed by atoms with Crippen molar-refractivity contribution in [1.82, 2.24) is 9.97 Å². The SMILES string of the molecule is NC(=O)c1nccc2c1[nH]c1ccc(N)cc12. The lowest BCUT2D eigenvalue weighted by Gasteiger charge is -1.96. The fraction of sp³-hybridized carbons (Fsp3) is 0. The van der Waals surface area contributed by atoms with Crippen molar-refractivity contribution in [2.24, 2.45) is 5.73 Å². The smallest absolute Gasteiger partial charge is 0.269 e. The molecule has 2 aromatic heterocycles. The number of aromatic amines is 1. The second-order valence-corrected chi connectivity index (χ2v) is 3.88. The van der Waals surface area contributed by atoms with Crippen molar-refractivity contribution in [3.05, 3.63) is 36.2 Å². The first-order valence-electron chi connectivity index (χ1n) is 5.12. The van der Waals surface area contributed by atoms with Gasteiger partial charge in [-0.2, -0.15) is 0 Å². The van der Waals surface area contributed by atoms with Crippen LogP contribution in [0, 0.1) is 0 Å². The van der Waals surface area contributed by atoms with Crippen LogP contribution in [0.15, 0.2) is 30.5 Å². The van der Waals surface area contributed by atoms with E-state index in [2.05, 4.69) is 9.97 Å². The van der Waals surface area contributed by atoms with Crippen molar-refractivity contribution < 1.29 is 4.79 Å². The Morgan fingerprint density at radius 2 is 2.06 bits per heavy atom. The fourth-order valence-corrected chi connectivity index (χ4v) is 2.03. The average molecular weight is 226 g/mol. The van der Waals surface area contributed by atoms with Gasteiger partial charge in [-0.25, -0.2) is 4.98 Å². The number of nitrogens with zero attached hydrogens (tertiary/aromatic N) is 1. The van der Waals surface area contributed by atoms with Crippen LogP contribution in [0.25, 0.3) is 21.8 Å². The molecule has 0 radical (unpaired) electrons. The molecular weight excluding hydrogens is 216 g/mol. The van der Waals surface area contributed by atoms with Crippen molar-refractivity contribution in [1.29, 1.82) is 0 Å². The second kappa shape index (κ2) is 3.21. The molecule has 0 unspecified atom stereocenters. The first kappa shape index (κ1) is 9.65. The summed E-state index contributed by atoms with van der Waals surface area (Å²) in [4.78, 5) is 18.4. The van der Waals surface area contributed by atoms with E-state index in [1.807, 2.05) is 18.2 Å². The summed E-state index contributed by atoms with van der Waals surface area (Å²) in [7, 11) is 0. The first-order valence-corrected chi connectivity index (χ1v) is 5.12. The molecule has 1 amide bonds. The lowest BCUT2D eigenvalue weighted by molar-refractivity contribution is 0.0997. The monoisotopic (exact) mass is 226 g/mol. The zero-order valence-corrected chi connectivity index (χ0v) is 8.90. The zero-order chi connectivity index (χ0) is 12.0. The number of nitrogens with one attached hydrogen (secondary N) is 1. The third-order valence-corrected chi connectivity index (χ3v) is 2.78. The molecule has 0 aliphatic rings. The number of H-pyrrole nitrogens is 1. The molecule has 5 N–H and O–H groups in total. The highest BCUT2D eigenvalue weighted by molar-refractivity contribution is 6.14. The number of aromatic nitrogens is 2. The third kappa shape index (κ3) is 1.32. The van der Waals surface area contributed by atoms with Crippen LogP contribution in [0.1, 0.15) is 10.5 Å². The van der Waals surface area contributed by atoms with Gasteiger partial charge in [-0.05, 0) is 24.3 Å². The van der Waals surface area contributed by atoms with E-state index in [4.69, 9.17) is 11.5 Å². The van der Waals surface area contributed by atoms with Crippen molar-refractivity contribution >= 4 is 33.4 Å². The summed E-state index contributed by atoms with van der Waals surface area (Å²) in [5, 5.41) is 1.86. The summed E-state index contributed by atoms with van der Waals surface area (Å²) in [6, 6.07) is 7.36. The summed E-state index contributed by atoms with van der Waals surface area (Å²) in [5.41, 5.74) is 13.5. The Labute approximate surface area is 96.4 Å². The molecule has 0 atom stereocenters. The molecule has 0 bridgehead atoms. The van der Waals surface area contributed by atoms with E-state index in [1.54, 1.807) is 12.3 Å². The van der Waals surface area contributed by atoms with Crippen molar-refractivity contribution in [2.45, 2.75) is 0 Å². The van der Waals surface area contributed by atoms with Crippen LogP contribution >= 0.6 is 0 Å². The first-order chi connectivity index (χ1) is 8.16. The van der Waals surface area contributed by atoms with E-state index in [-0.39, 0.29) is 5.69 Å². The van der Waals surface area contributed by atoms with Gasteiger partial charge < -0.3 is 16.5 Å². The van der Waals surface area contributed by atoms with Gasteiger partial charge >= 0.3 is 0 Å². The van der Waals surface area contributed by atoms with Crippen molar-refractivity contribution in [3.63, 3.8) is 0 Å². The number of pyridine rings is 1. The minimum Gasteiger partial charge on any atom is -0.399 e. The Morgan fingerprint density at radius 3 is 2.82 bits per heavy atom. The largest absolute Gasteiger partial charge is 0.399 e. The Bertz CT molecular complexity index is 745. The van der Waals surface area contributed by atoms with Crippen LogP contribution in [0.5, 0.6) is 0 Å². The van der Waals surface area contributed by atoms with E-state index >= 15 is 0 Å². The number of nitrogen functional groups attached to an aromatic ring is 1. The van der Waals surface area contributed by atoms with Crippen LogP contribution in [-0.2, 0) is 0 Å². The minimum atomic E-state index is -0.546. The number of nitrogens with two attached hydrogens (primary N) is 2. The fourth-order valence-electron chi connectivity index (χ4n) is 2.03. The number of primary amides is 1. The molecule has 17 heavy (non-hydrogen) atoms. The van der Waals surface area contributed by atoms with Gasteiger partial charge in [-0.3, -0.25) is 4.79 Å². The van der Waals surface area contributed by atoms with Gasteiger partial charge in [0.2, 0.25) is 0 Å². The molecule has 0 saturated heterocycles. The molecular formula is C12H10N4O. The van der Waals surface area contributed by atoms with E-state index in [0.29, 0.717) is 11.2 Å². The van der Waals surface area contributed by atoms with Crippen LogP contribution < -0.4 is 11.5 Å². The number of benzene rings is 1. The molecule has 3 rings (SSSR count). The van der Waals surface area contributed by atoms with E-state index in [1.165, 1.54) is 0 Å². The summed E-state index contributed by atoms with van der Waals surface area (Å²) in [6.45, 7) is 0. The Hall–Kier alpha value is -2.56. The quantitative estimate of drug-likeness (QED) is 0.547. The standard InChI is InChI=1S/C12H10N4O/c13-6-1-2-9-8(5-6)7-3-4-15-11(12(14)17)10(7)16-9/h1-5,16H,13H2,(H2,14,17). The molecule has 0 saturated carbocycles. The molecule has 84 valence electrons. The number of hydrogen-bond donors (Lipinski definition) is 3. The van der Waals surface area contributed by atoms with Gasteiger partial charge in [0.05, 0.1) is 5.52 Å². The van der Waals surface area contributed by atoms with Crippen LogP contribution in [0.2, 0.25) is 0 Å².